The Morgan fingerprint density at radius 2 is 2.44 bits per heavy atom. The van der Waals surface area contributed by atoms with Crippen molar-refractivity contribution >= 4 is 0 Å². The monoisotopic (exact) mass is 121 g/mol. The van der Waals surface area contributed by atoms with Gasteiger partial charge in [-0.3, -0.25) is 0 Å². The Bertz CT molecular complexity index is 138. The minimum absolute atomic E-state index is 0.785. The third kappa shape index (κ3) is 2.05. The molecule has 0 heteroatoms. The SMILES string of the molecule is CC(C)CC1=[C]C=CC1. The average molecular weight is 121 g/mol. The minimum Gasteiger partial charge on any atom is -0.0798 e. The Hall–Kier alpha value is -0.520. The van der Waals surface area contributed by atoms with Crippen molar-refractivity contribution in [2.45, 2.75) is 26.7 Å². The first-order chi connectivity index (χ1) is 4.29. The van der Waals surface area contributed by atoms with Crippen molar-refractivity contribution in [1.82, 2.24) is 0 Å². The van der Waals surface area contributed by atoms with Gasteiger partial charge in [-0.15, -0.1) is 0 Å². The minimum atomic E-state index is 0.785. The Morgan fingerprint density at radius 3 is 2.89 bits per heavy atom. The highest BCUT2D eigenvalue weighted by Crippen LogP contribution is 2.17. The van der Waals surface area contributed by atoms with E-state index in [0.29, 0.717) is 0 Å². The van der Waals surface area contributed by atoms with Crippen LogP contribution >= 0.6 is 0 Å². The number of rotatable bonds is 2. The van der Waals surface area contributed by atoms with Crippen LogP contribution in [0, 0.1) is 12.0 Å². The van der Waals surface area contributed by atoms with Crippen LogP contribution in [-0.2, 0) is 0 Å². The van der Waals surface area contributed by atoms with Gasteiger partial charge in [0.15, 0.2) is 0 Å². The molecule has 1 radical (unpaired) electrons. The highest BCUT2D eigenvalue weighted by atomic mass is 14.1. The van der Waals surface area contributed by atoms with Gasteiger partial charge in [0.05, 0.1) is 0 Å². The Morgan fingerprint density at radius 1 is 1.67 bits per heavy atom. The van der Waals surface area contributed by atoms with Gasteiger partial charge in [-0.25, -0.2) is 0 Å². The largest absolute Gasteiger partial charge is 0.0798 e. The predicted molar refractivity (Wildman–Crippen MR) is 40.0 cm³/mol. The second-order valence-corrected chi connectivity index (χ2v) is 2.95. The molecule has 0 saturated heterocycles. The summed E-state index contributed by atoms with van der Waals surface area (Å²) in [4.78, 5) is 0. The lowest BCUT2D eigenvalue weighted by atomic mass is 10.0. The maximum Gasteiger partial charge on any atom is -0.0126 e. The summed E-state index contributed by atoms with van der Waals surface area (Å²) in [7, 11) is 0. The molecule has 0 fully saturated rings. The quantitative estimate of drug-likeness (QED) is 0.527. The smallest absolute Gasteiger partial charge is 0.0126 e. The fourth-order valence-corrected chi connectivity index (χ4v) is 1.07. The molecule has 9 heavy (non-hydrogen) atoms. The lowest BCUT2D eigenvalue weighted by molar-refractivity contribution is 0.636. The fourth-order valence-electron chi connectivity index (χ4n) is 1.07. The summed E-state index contributed by atoms with van der Waals surface area (Å²) in [6, 6.07) is 0. The van der Waals surface area contributed by atoms with Crippen LogP contribution in [-0.4, -0.2) is 0 Å². The van der Waals surface area contributed by atoms with E-state index in [9.17, 15) is 0 Å². The summed E-state index contributed by atoms with van der Waals surface area (Å²) in [5.74, 6) is 0.785. The van der Waals surface area contributed by atoms with Gasteiger partial charge in [-0.1, -0.05) is 31.6 Å². The van der Waals surface area contributed by atoms with Crippen LogP contribution in [0.1, 0.15) is 26.7 Å². The summed E-state index contributed by atoms with van der Waals surface area (Å²) in [6.07, 6.45) is 9.77. The van der Waals surface area contributed by atoms with E-state index < -0.39 is 0 Å². The van der Waals surface area contributed by atoms with Gasteiger partial charge in [0.1, 0.15) is 0 Å². The van der Waals surface area contributed by atoms with Crippen molar-refractivity contribution in [3.8, 4) is 0 Å². The van der Waals surface area contributed by atoms with Gasteiger partial charge in [0, 0.05) is 0 Å². The number of hydrogen-bond acceptors (Lipinski definition) is 0. The molecule has 0 heterocycles. The molecule has 0 aromatic heterocycles. The van der Waals surface area contributed by atoms with Crippen LogP contribution in [0.2, 0.25) is 0 Å². The van der Waals surface area contributed by atoms with Crippen LogP contribution in [0.25, 0.3) is 0 Å². The van der Waals surface area contributed by atoms with Gasteiger partial charge < -0.3 is 0 Å². The highest BCUT2D eigenvalue weighted by molar-refractivity contribution is 5.17. The van der Waals surface area contributed by atoms with Crippen LogP contribution in [0.15, 0.2) is 17.7 Å². The van der Waals surface area contributed by atoms with E-state index in [0.717, 1.165) is 12.3 Å². The molecule has 0 aromatic rings. The first-order valence-electron chi connectivity index (χ1n) is 3.55. The van der Waals surface area contributed by atoms with Crippen LogP contribution in [0.4, 0.5) is 0 Å². The zero-order chi connectivity index (χ0) is 6.69. The van der Waals surface area contributed by atoms with Crippen LogP contribution < -0.4 is 0 Å². The molecule has 0 aliphatic heterocycles. The van der Waals surface area contributed by atoms with Crippen molar-refractivity contribution in [2.24, 2.45) is 5.92 Å². The zero-order valence-corrected chi connectivity index (χ0v) is 6.15. The molecule has 0 unspecified atom stereocenters. The summed E-state index contributed by atoms with van der Waals surface area (Å²) in [6.45, 7) is 4.49. The molecular formula is C9H13. The Labute approximate surface area is 57.3 Å². The summed E-state index contributed by atoms with van der Waals surface area (Å²) < 4.78 is 0. The van der Waals surface area contributed by atoms with Gasteiger partial charge >= 0.3 is 0 Å². The molecule has 0 nitrogen and oxygen atoms in total. The normalized spacial score (nSPS) is 17.0. The topological polar surface area (TPSA) is 0 Å². The molecule has 0 bridgehead atoms. The van der Waals surface area contributed by atoms with Gasteiger partial charge in [-0.05, 0) is 24.8 Å². The molecule has 1 aliphatic rings. The van der Waals surface area contributed by atoms with Crippen molar-refractivity contribution < 1.29 is 0 Å². The predicted octanol–water partition coefficient (Wildman–Crippen LogP) is 2.72. The van der Waals surface area contributed by atoms with Gasteiger partial charge in [0.25, 0.3) is 0 Å². The molecule has 0 N–H and O–H groups in total. The lowest BCUT2D eigenvalue weighted by Gasteiger charge is -2.02. The maximum absolute atomic E-state index is 3.22. The van der Waals surface area contributed by atoms with Crippen molar-refractivity contribution in [2.75, 3.05) is 0 Å². The van der Waals surface area contributed by atoms with E-state index in [2.05, 4.69) is 26.0 Å². The molecule has 0 aromatic carbocycles. The second-order valence-electron chi connectivity index (χ2n) is 2.95. The van der Waals surface area contributed by atoms with E-state index in [1.54, 1.807) is 0 Å². The summed E-state index contributed by atoms with van der Waals surface area (Å²) in [5.41, 5.74) is 1.46. The third-order valence-electron chi connectivity index (χ3n) is 1.42. The standard InChI is InChI=1S/C9H13/c1-8(2)7-9-5-3-4-6-9/h3-4,8H,5,7H2,1-2H3. The Kier molecular flexibility index (Phi) is 2.10. The zero-order valence-electron chi connectivity index (χ0n) is 6.15. The first kappa shape index (κ1) is 6.60. The molecule has 0 spiro atoms. The van der Waals surface area contributed by atoms with Crippen LogP contribution in [0.5, 0.6) is 0 Å². The van der Waals surface area contributed by atoms with E-state index in [4.69, 9.17) is 0 Å². The van der Waals surface area contributed by atoms with E-state index in [1.165, 1.54) is 12.0 Å². The molecular weight excluding hydrogens is 108 g/mol. The molecule has 0 amide bonds. The summed E-state index contributed by atoms with van der Waals surface area (Å²) in [5, 5.41) is 0. The average Bonchev–Trinajstić information content (AvgIpc) is 2.15. The van der Waals surface area contributed by atoms with Gasteiger partial charge in [-0.2, -0.15) is 0 Å². The van der Waals surface area contributed by atoms with Gasteiger partial charge in [0.2, 0.25) is 0 Å². The molecule has 1 aliphatic carbocycles. The molecule has 0 saturated carbocycles. The number of allylic oxidation sites excluding steroid dienone is 4. The number of hydrogen-bond donors (Lipinski definition) is 0. The van der Waals surface area contributed by atoms with Crippen molar-refractivity contribution in [3.63, 3.8) is 0 Å². The molecule has 0 atom stereocenters. The van der Waals surface area contributed by atoms with Crippen LogP contribution in [0.3, 0.4) is 0 Å². The van der Waals surface area contributed by atoms with Crippen molar-refractivity contribution in [3.05, 3.63) is 23.8 Å². The van der Waals surface area contributed by atoms with E-state index >= 15 is 0 Å². The second kappa shape index (κ2) is 2.86. The van der Waals surface area contributed by atoms with Crippen molar-refractivity contribution in [1.29, 1.82) is 0 Å². The fraction of sp³-hybridized carbons (Fsp3) is 0.556. The lowest BCUT2D eigenvalue weighted by Crippen LogP contribution is -1.88. The molecule has 49 valence electrons. The third-order valence-corrected chi connectivity index (χ3v) is 1.42. The molecule has 1 rings (SSSR count). The summed E-state index contributed by atoms with van der Waals surface area (Å²) >= 11 is 0. The Balaban J connectivity index is 2.30. The van der Waals surface area contributed by atoms with E-state index in [1.807, 2.05) is 6.08 Å². The first-order valence-corrected chi connectivity index (χ1v) is 3.55. The maximum atomic E-state index is 3.22. The highest BCUT2D eigenvalue weighted by Gasteiger charge is 2.01. The van der Waals surface area contributed by atoms with E-state index in [-0.39, 0.29) is 0 Å².